The molecule has 0 radical (unpaired) electrons. The molecular weight excluding hydrogens is 283 g/mol. The van der Waals surface area contributed by atoms with E-state index in [-0.39, 0.29) is 11.3 Å². The molecule has 0 amide bonds. The van der Waals surface area contributed by atoms with Crippen LogP contribution in [0.5, 0.6) is 5.75 Å². The molecule has 3 nitrogen and oxygen atoms in total. The Morgan fingerprint density at radius 1 is 1.10 bits per heavy atom. The summed E-state index contributed by atoms with van der Waals surface area (Å²) in [6.45, 7) is 0. The summed E-state index contributed by atoms with van der Waals surface area (Å²) in [4.78, 5) is 0. The van der Waals surface area contributed by atoms with Crippen LogP contribution in [0.1, 0.15) is 22.8 Å². The second-order valence-electron chi connectivity index (χ2n) is 4.52. The molecule has 0 saturated heterocycles. The fourth-order valence-electron chi connectivity index (χ4n) is 1.95. The van der Waals surface area contributed by atoms with Crippen molar-refractivity contribution in [3.8, 4) is 5.75 Å². The van der Waals surface area contributed by atoms with Gasteiger partial charge in [-0.25, -0.2) is 0 Å². The number of benzene rings is 2. The third-order valence-electron chi connectivity index (χ3n) is 3.14. The Kier molecular flexibility index (Phi) is 4.09. The molecule has 2 aromatic carbocycles. The number of alkyl halides is 3. The zero-order chi connectivity index (χ0) is 15.6. The van der Waals surface area contributed by atoms with Gasteiger partial charge >= 0.3 is 6.18 Å². The van der Waals surface area contributed by atoms with Crippen LogP contribution in [0.2, 0.25) is 0 Å². The molecule has 112 valence electrons. The van der Waals surface area contributed by atoms with Crippen molar-refractivity contribution < 1.29 is 23.0 Å². The van der Waals surface area contributed by atoms with Gasteiger partial charge in [-0.15, -0.1) is 0 Å². The fourth-order valence-corrected chi connectivity index (χ4v) is 1.95. The lowest BCUT2D eigenvalue weighted by molar-refractivity contribution is -0.137. The SMILES string of the molecule is COc1ccc(C(O)c2cc(C(F)(F)F)ccc2N)cc1. The van der Waals surface area contributed by atoms with Crippen LogP contribution in [0, 0.1) is 0 Å². The smallest absolute Gasteiger partial charge is 0.416 e. The van der Waals surface area contributed by atoms with Crippen molar-refractivity contribution in [2.45, 2.75) is 12.3 Å². The maximum atomic E-state index is 12.7. The summed E-state index contributed by atoms with van der Waals surface area (Å²) in [5.41, 5.74) is 5.39. The minimum absolute atomic E-state index is 0.0231. The first kappa shape index (κ1) is 15.2. The number of aliphatic hydroxyl groups excluding tert-OH is 1. The Hall–Kier alpha value is -2.21. The van der Waals surface area contributed by atoms with E-state index in [1.807, 2.05) is 0 Å². The molecule has 0 aromatic heterocycles. The molecular formula is C15H14F3NO2. The van der Waals surface area contributed by atoms with E-state index in [1.165, 1.54) is 7.11 Å². The molecule has 2 rings (SSSR count). The van der Waals surface area contributed by atoms with Crippen molar-refractivity contribution in [3.05, 3.63) is 59.2 Å². The summed E-state index contributed by atoms with van der Waals surface area (Å²) in [7, 11) is 1.50. The van der Waals surface area contributed by atoms with Crippen LogP contribution in [0.25, 0.3) is 0 Å². The molecule has 3 N–H and O–H groups in total. The number of hydrogen-bond donors (Lipinski definition) is 2. The van der Waals surface area contributed by atoms with Crippen molar-refractivity contribution in [1.82, 2.24) is 0 Å². The third kappa shape index (κ3) is 3.28. The van der Waals surface area contributed by atoms with Crippen LogP contribution < -0.4 is 10.5 Å². The molecule has 0 aliphatic heterocycles. The Balaban J connectivity index is 2.39. The first-order valence-electron chi connectivity index (χ1n) is 6.11. The maximum absolute atomic E-state index is 12.7. The van der Waals surface area contributed by atoms with E-state index in [2.05, 4.69) is 0 Å². The van der Waals surface area contributed by atoms with Crippen LogP contribution in [0.3, 0.4) is 0 Å². The minimum Gasteiger partial charge on any atom is -0.497 e. The zero-order valence-corrected chi connectivity index (χ0v) is 11.2. The summed E-state index contributed by atoms with van der Waals surface area (Å²) in [6, 6.07) is 9.27. The largest absolute Gasteiger partial charge is 0.497 e. The lowest BCUT2D eigenvalue weighted by Gasteiger charge is -2.16. The summed E-state index contributed by atoms with van der Waals surface area (Å²) < 4.78 is 43.2. The van der Waals surface area contributed by atoms with Gasteiger partial charge in [-0.05, 0) is 35.9 Å². The highest BCUT2D eigenvalue weighted by atomic mass is 19.4. The van der Waals surface area contributed by atoms with E-state index in [0.717, 1.165) is 18.2 Å². The summed E-state index contributed by atoms with van der Waals surface area (Å²) in [5.74, 6) is 0.586. The van der Waals surface area contributed by atoms with Gasteiger partial charge in [-0.2, -0.15) is 13.2 Å². The average Bonchev–Trinajstić information content (AvgIpc) is 2.46. The highest BCUT2D eigenvalue weighted by molar-refractivity contribution is 5.53. The lowest BCUT2D eigenvalue weighted by atomic mass is 9.98. The molecule has 0 spiro atoms. The summed E-state index contributed by atoms with van der Waals surface area (Å²) >= 11 is 0. The quantitative estimate of drug-likeness (QED) is 0.854. The standard InChI is InChI=1S/C15H14F3NO2/c1-21-11-5-2-9(3-6-11)14(20)12-8-10(15(16,17)18)4-7-13(12)19/h2-8,14,20H,19H2,1H3. The van der Waals surface area contributed by atoms with Gasteiger partial charge in [0.05, 0.1) is 12.7 Å². The normalized spacial score (nSPS) is 13.0. The van der Waals surface area contributed by atoms with E-state index in [1.54, 1.807) is 24.3 Å². The Labute approximate surface area is 119 Å². The van der Waals surface area contributed by atoms with Crippen LogP contribution in [0.15, 0.2) is 42.5 Å². The number of hydrogen-bond acceptors (Lipinski definition) is 3. The average molecular weight is 297 g/mol. The molecule has 2 aromatic rings. The minimum atomic E-state index is -4.48. The lowest BCUT2D eigenvalue weighted by Crippen LogP contribution is -2.09. The van der Waals surface area contributed by atoms with Crippen LogP contribution in [-0.4, -0.2) is 12.2 Å². The Bertz CT molecular complexity index is 624. The van der Waals surface area contributed by atoms with Gasteiger partial charge in [0.1, 0.15) is 11.9 Å². The number of ether oxygens (including phenoxy) is 1. The van der Waals surface area contributed by atoms with Gasteiger partial charge in [-0.3, -0.25) is 0 Å². The van der Waals surface area contributed by atoms with E-state index < -0.39 is 17.8 Å². The van der Waals surface area contributed by atoms with Gasteiger partial charge < -0.3 is 15.6 Å². The van der Waals surface area contributed by atoms with Gasteiger partial charge in [0.25, 0.3) is 0 Å². The molecule has 0 saturated carbocycles. The summed E-state index contributed by atoms with van der Waals surface area (Å²) in [6.07, 6.45) is -5.72. The molecule has 1 unspecified atom stereocenters. The number of methoxy groups -OCH3 is 1. The molecule has 0 aliphatic rings. The van der Waals surface area contributed by atoms with E-state index in [9.17, 15) is 18.3 Å². The number of anilines is 1. The van der Waals surface area contributed by atoms with Gasteiger partial charge in [0, 0.05) is 11.3 Å². The first-order valence-corrected chi connectivity index (χ1v) is 6.11. The fraction of sp³-hybridized carbons (Fsp3) is 0.200. The first-order chi connectivity index (χ1) is 9.82. The maximum Gasteiger partial charge on any atom is 0.416 e. The molecule has 1 atom stereocenters. The number of rotatable bonds is 3. The van der Waals surface area contributed by atoms with Crippen molar-refractivity contribution in [2.24, 2.45) is 0 Å². The van der Waals surface area contributed by atoms with Crippen molar-refractivity contribution in [2.75, 3.05) is 12.8 Å². The highest BCUT2D eigenvalue weighted by Crippen LogP contribution is 2.35. The molecule has 0 fully saturated rings. The molecule has 6 heteroatoms. The van der Waals surface area contributed by atoms with Crippen molar-refractivity contribution >= 4 is 5.69 Å². The Morgan fingerprint density at radius 3 is 2.24 bits per heavy atom. The third-order valence-corrected chi connectivity index (χ3v) is 3.14. The predicted molar refractivity (Wildman–Crippen MR) is 72.9 cm³/mol. The molecule has 0 aliphatic carbocycles. The highest BCUT2D eigenvalue weighted by Gasteiger charge is 2.31. The second-order valence-corrected chi connectivity index (χ2v) is 4.52. The van der Waals surface area contributed by atoms with E-state index in [4.69, 9.17) is 10.5 Å². The number of nitrogens with two attached hydrogens (primary N) is 1. The van der Waals surface area contributed by atoms with Gasteiger partial charge in [0.2, 0.25) is 0 Å². The summed E-state index contributed by atoms with van der Waals surface area (Å²) in [5, 5.41) is 10.2. The molecule has 0 heterocycles. The van der Waals surface area contributed by atoms with E-state index >= 15 is 0 Å². The van der Waals surface area contributed by atoms with Crippen LogP contribution in [0.4, 0.5) is 18.9 Å². The number of nitrogen functional groups attached to an aromatic ring is 1. The van der Waals surface area contributed by atoms with Crippen LogP contribution in [-0.2, 0) is 6.18 Å². The van der Waals surface area contributed by atoms with Gasteiger partial charge in [0.15, 0.2) is 0 Å². The van der Waals surface area contributed by atoms with Crippen molar-refractivity contribution in [1.29, 1.82) is 0 Å². The number of aliphatic hydroxyl groups is 1. The van der Waals surface area contributed by atoms with E-state index in [0.29, 0.717) is 11.3 Å². The topological polar surface area (TPSA) is 55.5 Å². The van der Waals surface area contributed by atoms with Crippen LogP contribution >= 0.6 is 0 Å². The van der Waals surface area contributed by atoms with Gasteiger partial charge in [-0.1, -0.05) is 12.1 Å². The number of halogens is 3. The van der Waals surface area contributed by atoms with Crippen molar-refractivity contribution in [3.63, 3.8) is 0 Å². The Morgan fingerprint density at radius 2 is 1.71 bits per heavy atom. The monoisotopic (exact) mass is 297 g/mol. The molecule has 0 bridgehead atoms. The predicted octanol–water partition coefficient (Wildman–Crippen LogP) is 3.38. The zero-order valence-electron chi connectivity index (χ0n) is 11.2. The second kappa shape index (κ2) is 5.65. The molecule has 21 heavy (non-hydrogen) atoms.